The van der Waals surface area contributed by atoms with E-state index in [0.29, 0.717) is 29.7 Å². The molecule has 1 fully saturated rings. The van der Waals surface area contributed by atoms with Gasteiger partial charge in [-0.05, 0) is 48.4 Å². The van der Waals surface area contributed by atoms with E-state index in [0.717, 1.165) is 22.9 Å². The molecule has 162 valence electrons. The summed E-state index contributed by atoms with van der Waals surface area (Å²) < 4.78 is 11.5. The summed E-state index contributed by atoms with van der Waals surface area (Å²) in [4.78, 5) is 22.5. The minimum absolute atomic E-state index is 0.263. The molecule has 31 heavy (non-hydrogen) atoms. The minimum Gasteiger partial charge on any atom is -0.490 e. The highest BCUT2D eigenvalue weighted by Gasteiger charge is 2.32. The molecular formula is C21H20ClN3O5S. The van der Waals surface area contributed by atoms with Crippen LogP contribution in [0.3, 0.4) is 0 Å². The Balaban J connectivity index is 1.66. The number of amides is 1. The van der Waals surface area contributed by atoms with Crippen LogP contribution in [0.2, 0.25) is 5.02 Å². The predicted molar refractivity (Wildman–Crippen MR) is 120 cm³/mol. The van der Waals surface area contributed by atoms with E-state index in [1.165, 1.54) is 6.21 Å². The van der Waals surface area contributed by atoms with Crippen molar-refractivity contribution in [3.63, 3.8) is 0 Å². The molecule has 0 aromatic heterocycles. The number of halogens is 1. The highest BCUT2D eigenvalue weighted by Crippen LogP contribution is 2.29. The molecule has 2 aromatic rings. The zero-order valence-corrected chi connectivity index (χ0v) is 18.2. The highest BCUT2D eigenvalue weighted by molar-refractivity contribution is 8.15. The number of nitrogens with one attached hydrogen (secondary N) is 1. The molecule has 3 rings (SSSR count). The number of ether oxygens (including phenoxy) is 2. The number of hydrogen-bond donors (Lipinski definition) is 2. The van der Waals surface area contributed by atoms with Gasteiger partial charge in [0.25, 0.3) is 0 Å². The van der Waals surface area contributed by atoms with Crippen molar-refractivity contribution < 1.29 is 24.2 Å². The van der Waals surface area contributed by atoms with Crippen LogP contribution in [0.25, 0.3) is 0 Å². The summed E-state index contributed by atoms with van der Waals surface area (Å²) >= 11 is 7.05. The van der Waals surface area contributed by atoms with Gasteiger partial charge in [-0.1, -0.05) is 35.5 Å². The molecule has 1 saturated heterocycles. The molecule has 2 N–H and O–H groups in total. The van der Waals surface area contributed by atoms with Crippen LogP contribution in [0.4, 0.5) is 0 Å². The first-order valence-corrected chi connectivity index (χ1v) is 10.6. The van der Waals surface area contributed by atoms with Gasteiger partial charge >= 0.3 is 5.97 Å². The van der Waals surface area contributed by atoms with Gasteiger partial charge in [0.1, 0.15) is 11.9 Å². The van der Waals surface area contributed by atoms with Crippen molar-refractivity contribution in [1.29, 1.82) is 0 Å². The van der Waals surface area contributed by atoms with E-state index in [4.69, 9.17) is 26.2 Å². The summed E-state index contributed by atoms with van der Waals surface area (Å²) in [5.74, 6) is -0.286. The summed E-state index contributed by atoms with van der Waals surface area (Å²) in [5, 5.41) is 19.5. The van der Waals surface area contributed by atoms with Gasteiger partial charge < -0.3 is 19.9 Å². The molecule has 1 unspecified atom stereocenters. The summed E-state index contributed by atoms with van der Waals surface area (Å²) in [6.45, 7) is 2.68. The smallest absolute Gasteiger partial charge is 0.305 e. The van der Waals surface area contributed by atoms with Gasteiger partial charge in [0.15, 0.2) is 16.7 Å². The SMILES string of the molecule is CCOc1cc(C=NN=C2NC(=O)C(CC(=O)O)S2)ccc1OCc1cccc(Cl)c1. The van der Waals surface area contributed by atoms with Crippen LogP contribution in [0.5, 0.6) is 11.5 Å². The maximum atomic E-state index is 11.7. The first-order chi connectivity index (χ1) is 14.9. The second-order valence-corrected chi connectivity index (χ2v) is 8.03. The second-order valence-electron chi connectivity index (χ2n) is 6.40. The van der Waals surface area contributed by atoms with Crippen LogP contribution in [-0.4, -0.2) is 40.2 Å². The summed E-state index contributed by atoms with van der Waals surface area (Å²) in [5.41, 5.74) is 1.66. The van der Waals surface area contributed by atoms with E-state index >= 15 is 0 Å². The van der Waals surface area contributed by atoms with Crippen LogP contribution in [0.1, 0.15) is 24.5 Å². The lowest BCUT2D eigenvalue weighted by Crippen LogP contribution is -2.26. The Hall–Kier alpha value is -3.04. The first-order valence-electron chi connectivity index (χ1n) is 9.39. The summed E-state index contributed by atoms with van der Waals surface area (Å²) in [6.07, 6.45) is 1.24. The molecule has 8 nitrogen and oxygen atoms in total. The quantitative estimate of drug-likeness (QED) is 0.435. The van der Waals surface area contributed by atoms with Crippen LogP contribution < -0.4 is 14.8 Å². The fraction of sp³-hybridized carbons (Fsp3) is 0.238. The lowest BCUT2D eigenvalue weighted by Gasteiger charge is -2.12. The lowest BCUT2D eigenvalue weighted by molar-refractivity contribution is -0.138. The van der Waals surface area contributed by atoms with Crippen molar-refractivity contribution in [3.8, 4) is 11.5 Å². The number of benzene rings is 2. The van der Waals surface area contributed by atoms with Gasteiger partial charge in [0, 0.05) is 5.02 Å². The number of aliphatic carboxylic acids is 1. The number of thioether (sulfide) groups is 1. The fourth-order valence-corrected chi connectivity index (χ4v) is 3.80. The average Bonchev–Trinajstić information content (AvgIpc) is 3.06. The molecule has 1 aliphatic rings. The van der Waals surface area contributed by atoms with Gasteiger partial charge in [0.05, 0.1) is 19.2 Å². The number of nitrogens with zero attached hydrogens (tertiary/aromatic N) is 2. The molecule has 1 amide bonds. The van der Waals surface area contributed by atoms with Crippen LogP contribution in [0.15, 0.2) is 52.7 Å². The first kappa shape index (κ1) is 22.6. The van der Waals surface area contributed by atoms with Crippen molar-refractivity contribution in [3.05, 3.63) is 58.6 Å². The monoisotopic (exact) mass is 461 g/mol. The molecule has 0 bridgehead atoms. The number of hydrogen-bond acceptors (Lipinski definition) is 7. The van der Waals surface area contributed by atoms with E-state index in [9.17, 15) is 9.59 Å². The van der Waals surface area contributed by atoms with Crippen LogP contribution >= 0.6 is 23.4 Å². The van der Waals surface area contributed by atoms with Gasteiger partial charge in [-0.25, -0.2) is 0 Å². The fourth-order valence-electron chi connectivity index (χ4n) is 2.67. The number of rotatable bonds is 9. The largest absolute Gasteiger partial charge is 0.490 e. The topological polar surface area (TPSA) is 110 Å². The van der Waals surface area contributed by atoms with Crippen molar-refractivity contribution >= 4 is 46.6 Å². The van der Waals surface area contributed by atoms with Gasteiger partial charge in [-0.3, -0.25) is 9.59 Å². The molecule has 0 aliphatic carbocycles. The summed E-state index contributed by atoms with van der Waals surface area (Å²) in [6, 6.07) is 12.8. The highest BCUT2D eigenvalue weighted by atomic mass is 35.5. The maximum Gasteiger partial charge on any atom is 0.305 e. The van der Waals surface area contributed by atoms with Gasteiger partial charge in [-0.15, -0.1) is 5.10 Å². The van der Waals surface area contributed by atoms with E-state index < -0.39 is 11.2 Å². The number of carbonyl (C=O) groups is 2. The van der Waals surface area contributed by atoms with Crippen molar-refractivity contribution in [2.75, 3.05) is 6.61 Å². The van der Waals surface area contributed by atoms with Crippen LogP contribution in [0, 0.1) is 0 Å². The summed E-state index contributed by atoms with van der Waals surface area (Å²) in [7, 11) is 0. The van der Waals surface area contributed by atoms with Gasteiger partial charge in [0.2, 0.25) is 5.91 Å². The Morgan fingerprint density at radius 2 is 2.10 bits per heavy atom. The third kappa shape index (κ3) is 6.73. The average molecular weight is 462 g/mol. The van der Waals surface area contributed by atoms with Gasteiger partial charge in [-0.2, -0.15) is 5.10 Å². The normalized spacial score (nSPS) is 17.2. The maximum absolute atomic E-state index is 11.7. The molecule has 0 radical (unpaired) electrons. The Labute approximate surface area is 188 Å². The second kappa shape index (κ2) is 10.8. The number of carboxylic acid groups (broad SMARTS) is 1. The zero-order chi connectivity index (χ0) is 22.2. The van der Waals surface area contributed by atoms with Crippen molar-refractivity contribution in [1.82, 2.24) is 5.32 Å². The van der Waals surface area contributed by atoms with Crippen LogP contribution in [-0.2, 0) is 16.2 Å². The third-order valence-corrected chi connectivity index (χ3v) is 5.35. The molecule has 10 heteroatoms. The molecule has 2 aromatic carbocycles. The van der Waals surface area contributed by atoms with E-state index in [1.807, 2.05) is 25.1 Å². The molecular weight excluding hydrogens is 442 g/mol. The Morgan fingerprint density at radius 1 is 1.26 bits per heavy atom. The van der Waals surface area contributed by atoms with E-state index in [1.54, 1.807) is 24.3 Å². The van der Waals surface area contributed by atoms with Crippen molar-refractivity contribution in [2.45, 2.75) is 25.2 Å². The number of amidine groups is 1. The molecule has 1 atom stereocenters. The van der Waals surface area contributed by atoms with Crippen molar-refractivity contribution in [2.24, 2.45) is 10.2 Å². The van der Waals surface area contributed by atoms with E-state index in [2.05, 4.69) is 15.5 Å². The standard InChI is InChI=1S/C21H20ClN3O5S/c1-2-29-17-9-13(6-7-16(17)30-12-14-4-3-5-15(22)8-14)11-23-25-21-24-20(28)18(31-21)10-19(26)27/h3-9,11,18H,2,10,12H2,1H3,(H,26,27)(H,24,25,28). The number of carbonyl (C=O) groups excluding carboxylic acids is 1. The molecule has 1 heterocycles. The Kier molecular flexibility index (Phi) is 7.91. The Bertz CT molecular complexity index is 1030. The molecule has 1 aliphatic heterocycles. The number of carboxylic acids is 1. The minimum atomic E-state index is -1.04. The lowest BCUT2D eigenvalue weighted by atomic mass is 10.2. The molecule has 0 spiro atoms. The molecule has 0 saturated carbocycles. The van der Waals surface area contributed by atoms with E-state index in [-0.39, 0.29) is 17.5 Å². The third-order valence-electron chi connectivity index (χ3n) is 4.04. The Morgan fingerprint density at radius 3 is 2.84 bits per heavy atom. The zero-order valence-electron chi connectivity index (χ0n) is 16.6. The predicted octanol–water partition coefficient (Wildman–Crippen LogP) is 3.71.